The molecular weight excluding hydrogens is 377 g/mol. The molecule has 25 heavy (non-hydrogen) atoms. The van der Waals surface area contributed by atoms with E-state index in [1.165, 1.54) is 4.40 Å². The molecule has 3 heterocycles. The summed E-state index contributed by atoms with van der Waals surface area (Å²) in [6, 6.07) is 1.00. The number of pyridine rings is 1. The topological polar surface area (TPSA) is 50.5 Å². The maximum atomic E-state index is 13.0. The largest absolute Gasteiger partial charge is 0.417 e. The molecule has 0 radical (unpaired) electrons. The van der Waals surface area contributed by atoms with Crippen LogP contribution in [0.15, 0.2) is 17.4 Å². The van der Waals surface area contributed by atoms with Crippen LogP contribution in [0.4, 0.5) is 13.2 Å². The Kier molecular flexibility index (Phi) is 5.15. The van der Waals surface area contributed by atoms with Crippen molar-refractivity contribution >= 4 is 34.9 Å². The number of thioether (sulfide) groups is 1. The number of halogens is 4. The Labute approximate surface area is 151 Å². The number of nitrogens with zero attached hydrogens (tertiary/aromatic N) is 4. The second-order valence-electron chi connectivity index (χ2n) is 5.97. The van der Waals surface area contributed by atoms with Crippen LogP contribution in [0.3, 0.4) is 0 Å². The van der Waals surface area contributed by atoms with Crippen molar-refractivity contribution in [1.29, 1.82) is 0 Å². The third-order valence-electron chi connectivity index (χ3n) is 4.20. The van der Waals surface area contributed by atoms with Crippen LogP contribution >= 0.6 is 23.4 Å². The molecule has 0 spiro atoms. The first-order valence-electron chi connectivity index (χ1n) is 7.81. The van der Waals surface area contributed by atoms with Crippen molar-refractivity contribution in [2.24, 2.45) is 0 Å². The van der Waals surface area contributed by atoms with Gasteiger partial charge in [-0.2, -0.15) is 13.2 Å². The summed E-state index contributed by atoms with van der Waals surface area (Å²) in [7, 11) is 0. The number of amides is 1. The number of hydrogen-bond acceptors (Lipinski definition) is 4. The molecule has 136 valence electrons. The lowest BCUT2D eigenvalue weighted by Crippen LogP contribution is -2.42. The highest BCUT2D eigenvalue weighted by molar-refractivity contribution is 7.99. The van der Waals surface area contributed by atoms with Gasteiger partial charge in [-0.05, 0) is 32.3 Å². The molecular formula is C15H16ClF3N4OS. The van der Waals surface area contributed by atoms with Crippen molar-refractivity contribution in [3.63, 3.8) is 0 Å². The van der Waals surface area contributed by atoms with Gasteiger partial charge in [-0.3, -0.25) is 9.20 Å². The van der Waals surface area contributed by atoms with Gasteiger partial charge in [0.25, 0.3) is 0 Å². The zero-order valence-electron chi connectivity index (χ0n) is 13.4. The lowest BCUT2D eigenvalue weighted by atomic mass is 10.0. The van der Waals surface area contributed by atoms with Crippen molar-refractivity contribution in [1.82, 2.24) is 19.5 Å². The third-order valence-corrected chi connectivity index (χ3v) is 5.41. The van der Waals surface area contributed by atoms with Gasteiger partial charge in [-0.25, -0.2) is 0 Å². The number of rotatable bonds is 3. The molecule has 1 unspecified atom stereocenters. The minimum absolute atomic E-state index is 0.0491. The quantitative estimate of drug-likeness (QED) is 0.743. The van der Waals surface area contributed by atoms with Crippen molar-refractivity contribution in [2.45, 2.75) is 43.6 Å². The summed E-state index contributed by atoms with van der Waals surface area (Å²) < 4.78 is 40.0. The van der Waals surface area contributed by atoms with E-state index in [2.05, 4.69) is 10.2 Å². The van der Waals surface area contributed by atoms with Gasteiger partial charge in [0.15, 0.2) is 10.8 Å². The second kappa shape index (κ2) is 7.03. The number of hydrogen-bond donors (Lipinski definition) is 0. The van der Waals surface area contributed by atoms with E-state index < -0.39 is 11.7 Å². The number of likely N-dealkylation sites (tertiary alicyclic amines) is 1. The second-order valence-corrected chi connectivity index (χ2v) is 7.32. The first-order chi connectivity index (χ1) is 11.8. The average Bonchev–Trinajstić information content (AvgIpc) is 2.96. The number of carbonyl (C=O) groups excluding carboxylic acids is 1. The van der Waals surface area contributed by atoms with Crippen LogP contribution in [0, 0.1) is 0 Å². The number of alkyl halides is 3. The summed E-state index contributed by atoms with van der Waals surface area (Å²) in [6.45, 7) is 2.72. The van der Waals surface area contributed by atoms with Gasteiger partial charge < -0.3 is 4.90 Å². The zero-order chi connectivity index (χ0) is 18.2. The van der Waals surface area contributed by atoms with Crippen LogP contribution in [-0.4, -0.2) is 43.7 Å². The van der Waals surface area contributed by atoms with Crippen LogP contribution in [-0.2, 0) is 11.0 Å². The highest BCUT2D eigenvalue weighted by Gasteiger charge is 2.32. The fourth-order valence-electron chi connectivity index (χ4n) is 2.86. The normalized spacial score (nSPS) is 18.8. The van der Waals surface area contributed by atoms with Crippen molar-refractivity contribution in [3.05, 3.63) is 22.8 Å². The Balaban J connectivity index is 1.79. The summed E-state index contributed by atoms with van der Waals surface area (Å²) in [6.07, 6.45) is -0.583. The van der Waals surface area contributed by atoms with E-state index in [-0.39, 0.29) is 33.5 Å². The van der Waals surface area contributed by atoms with E-state index in [0.29, 0.717) is 6.54 Å². The van der Waals surface area contributed by atoms with Crippen LogP contribution in [0.1, 0.15) is 31.7 Å². The molecule has 1 fully saturated rings. The molecule has 0 aromatic carbocycles. The molecule has 0 N–H and O–H groups in total. The molecule has 0 aliphatic carbocycles. The average molecular weight is 393 g/mol. The lowest BCUT2D eigenvalue weighted by Gasteiger charge is -2.33. The summed E-state index contributed by atoms with van der Waals surface area (Å²) in [4.78, 5) is 14.2. The number of piperidine rings is 1. The zero-order valence-corrected chi connectivity index (χ0v) is 15.0. The summed E-state index contributed by atoms with van der Waals surface area (Å²) in [5.41, 5.74) is -0.751. The molecule has 3 rings (SSSR count). The van der Waals surface area contributed by atoms with Crippen LogP contribution < -0.4 is 0 Å². The van der Waals surface area contributed by atoms with Gasteiger partial charge in [-0.15, -0.1) is 10.2 Å². The molecule has 5 nitrogen and oxygen atoms in total. The first-order valence-corrected chi connectivity index (χ1v) is 9.17. The number of aromatic nitrogens is 3. The molecule has 2 aromatic rings. The summed E-state index contributed by atoms with van der Waals surface area (Å²) >= 11 is 6.94. The Hall–Kier alpha value is -1.48. The van der Waals surface area contributed by atoms with Crippen molar-refractivity contribution in [3.8, 4) is 0 Å². The van der Waals surface area contributed by atoms with E-state index >= 15 is 0 Å². The van der Waals surface area contributed by atoms with E-state index in [0.717, 1.165) is 43.3 Å². The van der Waals surface area contributed by atoms with E-state index in [1.54, 1.807) is 0 Å². The molecule has 1 aliphatic heterocycles. The fraction of sp³-hybridized carbons (Fsp3) is 0.533. The third kappa shape index (κ3) is 3.87. The van der Waals surface area contributed by atoms with Gasteiger partial charge in [0.1, 0.15) is 0 Å². The van der Waals surface area contributed by atoms with Gasteiger partial charge in [0, 0.05) is 18.8 Å². The SMILES string of the molecule is CC1CCCCN1C(=O)CSc1nnc2c(Cl)cc(C(F)(F)F)cn12. The Morgan fingerprint density at radius 1 is 1.40 bits per heavy atom. The minimum Gasteiger partial charge on any atom is -0.339 e. The molecule has 2 aromatic heterocycles. The van der Waals surface area contributed by atoms with Gasteiger partial charge in [0.05, 0.1) is 16.3 Å². The van der Waals surface area contributed by atoms with E-state index in [1.807, 2.05) is 11.8 Å². The monoisotopic (exact) mass is 392 g/mol. The van der Waals surface area contributed by atoms with Crippen LogP contribution in [0.25, 0.3) is 5.65 Å². The molecule has 1 saturated heterocycles. The maximum Gasteiger partial charge on any atom is 0.417 e. The number of carbonyl (C=O) groups is 1. The predicted molar refractivity (Wildman–Crippen MR) is 88.7 cm³/mol. The minimum atomic E-state index is -4.52. The van der Waals surface area contributed by atoms with E-state index in [9.17, 15) is 18.0 Å². The smallest absolute Gasteiger partial charge is 0.339 e. The molecule has 10 heteroatoms. The van der Waals surface area contributed by atoms with Crippen molar-refractivity contribution < 1.29 is 18.0 Å². The Morgan fingerprint density at radius 3 is 2.84 bits per heavy atom. The van der Waals surface area contributed by atoms with Crippen LogP contribution in [0.5, 0.6) is 0 Å². The standard InChI is InChI=1S/C15H16ClF3N4OS/c1-9-4-2-3-5-22(9)12(24)8-25-14-21-20-13-11(16)6-10(7-23(13)14)15(17,18)19/h6-7,9H,2-5,8H2,1H3. The predicted octanol–water partition coefficient (Wildman–Crippen LogP) is 3.89. The van der Waals surface area contributed by atoms with Gasteiger partial charge in [-0.1, -0.05) is 23.4 Å². The highest BCUT2D eigenvalue weighted by Crippen LogP contribution is 2.33. The summed E-state index contributed by atoms with van der Waals surface area (Å²) in [5.74, 6) is 0.0472. The highest BCUT2D eigenvalue weighted by atomic mass is 35.5. The Morgan fingerprint density at radius 2 is 2.16 bits per heavy atom. The first kappa shape index (κ1) is 18.3. The lowest BCUT2D eigenvalue weighted by molar-refractivity contribution is -0.138. The Bertz CT molecular complexity index is 795. The molecule has 0 bridgehead atoms. The van der Waals surface area contributed by atoms with Gasteiger partial charge >= 0.3 is 6.18 Å². The van der Waals surface area contributed by atoms with E-state index in [4.69, 9.17) is 11.6 Å². The summed E-state index contributed by atoms with van der Waals surface area (Å²) in [5, 5.41) is 7.76. The van der Waals surface area contributed by atoms with Gasteiger partial charge in [0.2, 0.25) is 5.91 Å². The van der Waals surface area contributed by atoms with Crippen molar-refractivity contribution in [2.75, 3.05) is 12.3 Å². The molecule has 0 saturated carbocycles. The maximum absolute atomic E-state index is 13.0. The molecule has 1 atom stereocenters. The molecule has 1 aliphatic rings. The van der Waals surface area contributed by atoms with Crippen LogP contribution in [0.2, 0.25) is 5.02 Å². The fourth-order valence-corrected chi connectivity index (χ4v) is 3.91. The molecule has 1 amide bonds. The number of fused-ring (bicyclic) bond motifs is 1.